The van der Waals surface area contributed by atoms with Crippen molar-refractivity contribution in [2.75, 3.05) is 6.61 Å². The van der Waals surface area contributed by atoms with Crippen LogP contribution in [0.4, 0.5) is 0 Å². The molecule has 0 aliphatic carbocycles. The lowest BCUT2D eigenvalue weighted by Crippen LogP contribution is -2.28. The van der Waals surface area contributed by atoms with Gasteiger partial charge in [0.15, 0.2) is 6.23 Å². The second-order valence-electron chi connectivity index (χ2n) is 4.93. The zero-order valence-electron chi connectivity index (χ0n) is 12.0. The summed E-state index contributed by atoms with van der Waals surface area (Å²) in [6, 6.07) is 10.3. The highest BCUT2D eigenvalue weighted by Crippen LogP contribution is 2.19. The lowest BCUT2D eigenvalue weighted by molar-refractivity contribution is -0.0222. The van der Waals surface area contributed by atoms with Crippen LogP contribution in [-0.2, 0) is 9.47 Å². The monoisotopic (exact) mass is 330 g/mol. The fourth-order valence-electron chi connectivity index (χ4n) is 2.19. The summed E-state index contributed by atoms with van der Waals surface area (Å²) in [5.74, 6) is -0.410. The van der Waals surface area contributed by atoms with Crippen LogP contribution in [0.1, 0.15) is 16.6 Å². The van der Waals surface area contributed by atoms with Gasteiger partial charge in [-0.05, 0) is 24.3 Å². The molecule has 118 valence electrons. The first-order valence-electron chi connectivity index (χ1n) is 7.01. The molecule has 1 aliphatic rings. The Hall–Kier alpha value is -2.51. The number of ether oxygens (including phenoxy) is 2. The number of rotatable bonds is 4. The van der Waals surface area contributed by atoms with Gasteiger partial charge in [-0.3, -0.25) is 9.55 Å². The Kier molecular flexibility index (Phi) is 4.50. The molecule has 23 heavy (non-hydrogen) atoms. The van der Waals surface area contributed by atoms with Gasteiger partial charge in [0, 0.05) is 6.20 Å². The first kappa shape index (κ1) is 15.4. The molecule has 0 amide bonds. The maximum absolute atomic E-state index is 11.9. The van der Waals surface area contributed by atoms with E-state index in [9.17, 15) is 9.59 Å². The molecule has 6 nitrogen and oxygen atoms in total. The summed E-state index contributed by atoms with van der Waals surface area (Å²) in [7, 11) is 0. The fourth-order valence-corrected chi connectivity index (χ4v) is 2.33. The molecule has 7 heteroatoms. The standard InChI is InChI=1S/C16H14N2O4S/c19-15(11-4-2-1-3-5-11)21-10-12-6-7-14(22-12)18-9-8-13(23)17-16(18)20/h1-9,12,14H,10H2,(H,17,20,23)/t12-,14+/m0/s1. The molecule has 0 fully saturated rings. The van der Waals surface area contributed by atoms with Gasteiger partial charge in [-0.2, -0.15) is 0 Å². The highest BCUT2D eigenvalue weighted by molar-refractivity contribution is 7.71. The van der Waals surface area contributed by atoms with E-state index in [1.54, 1.807) is 48.7 Å². The maximum atomic E-state index is 11.9. The minimum atomic E-state index is -0.547. The van der Waals surface area contributed by atoms with Gasteiger partial charge in [-0.1, -0.05) is 36.5 Å². The lowest BCUT2D eigenvalue weighted by atomic mass is 10.2. The zero-order valence-corrected chi connectivity index (χ0v) is 12.9. The number of nitrogens with zero attached hydrogens (tertiary/aromatic N) is 1. The SMILES string of the molecule is O=C(OC[C@@H]1C=C[C@H](n2ccc(=S)[nH]c2=O)O1)c1ccccc1. The smallest absolute Gasteiger partial charge is 0.338 e. The molecule has 1 aromatic carbocycles. The molecule has 0 radical (unpaired) electrons. The van der Waals surface area contributed by atoms with Gasteiger partial charge in [0.1, 0.15) is 17.4 Å². The van der Waals surface area contributed by atoms with Crippen molar-refractivity contribution in [2.45, 2.75) is 12.3 Å². The minimum absolute atomic E-state index is 0.0817. The molecule has 0 saturated carbocycles. The fraction of sp³-hybridized carbons (Fsp3) is 0.188. The van der Waals surface area contributed by atoms with Crippen LogP contribution in [0.5, 0.6) is 0 Å². The van der Waals surface area contributed by atoms with E-state index < -0.39 is 18.3 Å². The predicted octanol–water partition coefficient (Wildman–Crippen LogP) is 2.22. The number of esters is 1. The van der Waals surface area contributed by atoms with Crippen LogP contribution in [0.15, 0.2) is 59.5 Å². The van der Waals surface area contributed by atoms with Crippen molar-refractivity contribution in [3.05, 3.63) is 75.4 Å². The molecule has 1 aliphatic heterocycles. The quantitative estimate of drug-likeness (QED) is 0.529. The van der Waals surface area contributed by atoms with Crippen molar-refractivity contribution in [1.29, 1.82) is 0 Å². The molecular weight excluding hydrogens is 316 g/mol. The van der Waals surface area contributed by atoms with Gasteiger partial charge >= 0.3 is 11.7 Å². The summed E-state index contributed by atoms with van der Waals surface area (Å²) in [6.07, 6.45) is 4.11. The van der Waals surface area contributed by atoms with E-state index in [1.807, 2.05) is 6.07 Å². The molecule has 3 rings (SSSR count). The second kappa shape index (κ2) is 6.72. The van der Waals surface area contributed by atoms with Gasteiger partial charge in [0.05, 0.1) is 5.56 Å². The number of aromatic amines is 1. The molecular formula is C16H14N2O4S. The Balaban J connectivity index is 1.58. The van der Waals surface area contributed by atoms with Crippen molar-refractivity contribution in [1.82, 2.24) is 9.55 Å². The van der Waals surface area contributed by atoms with E-state index >= 15 is 0 Å². The molecule has 2 atom stereocenters. The third-order valence-electron chi connectivity index (χ3n) is 3.32. The van der Waals surface area contributed by atoms with Gasteiger partial charge < -0.3 is 9.47 Å². The molecule has 0 saturated heterocycles. The topological polar surface area (TPSA) is 73.3 Å². The van der Waals surface area contributed by atoms with Gasteiger partial charge in [-0.25, -0.2) is 9.59 Å². The number of hydrogen-bond acceptors (Lipinski definition) is 5. The number of carbonyl (C=O) groups excluding carboxylic acids is 1. The number of aromatic nitrogens is 2. The third kappa shape index (κ3) is 3.64. The van der Waals surface area contributed by atoms with Crippen LogP contribution in [0.25, 0.3) is 0 Å². The average Bonchev–Trinajstić information content (AvgIpc) is 3.02. The first-order chi connectivity index (χ1) is 11.1. The summed E-state index contributed by atoms with van der Waals surface area (Å²) in [5, 5.41) is 0. The van der Waals surface area contributed by atoms with Crippen LogP contribution in [0.2, 0.25) is 0 Å². The second-order valence-corrected chi connectivity index (χ2v) is 5.37. The highest BCUT2D eigenvalue weighted by atomic mass is 32.1. The molecule has 0 bridgehead atoms. The van der Waals surface area contributed by atoms with Crippen molar-refractivity contribution in [2.24, 2.45) is 0 Å². The van der Waals surface area contributed by atoms with Crippen LogP contribution < -0.4 is 5.69 Å². The molecule has 2 heterocycles. The maximum Gasteiger partial charge on any atom is 0.338 e. The van der Waals surface area contributed by atoms with E-state index in [-0.39, 0.29) is 12.3 Å². The average molecular weight is 330 g/mol. The zero-order chi connectivity index (χ0) is 16.2. The molecule has 0 unspecified atom stereocenters. The van der Waals surface area contributed by atoms with Gasteiger partial charge in [0.25, 0.3) is 0 Å². The van der Waals surface area contributed by atoms with Crippen molar-refractivity contribution >= 4 is 18.2 Å². The molecule has 0 spiro atoms. The van der Waals surface area contributed by atoms with E-state index in [2.05, 4.69) is 4.98 Å². The van der Waals surface area contributed by atoms with Crippen LogP contribution >= 0.6 is 12.2 Å². The first-order valence-corrected chi connectivity index (χ1v) is 7.42. The largest absolute Gasteiger partial charge is 0.459 e. The van der Waals surface area contributed by atoms with Crippen molar-refractivity contribution in [3.63, 3.8) is 0 Å². The summed E-state index contributed by atoms with van der Waals surface area (Å²) < 4.78 is 12.6. The summed E-state index contributed by atoms with van der Waals surface area (Å²) >= 11 is 4.89. The summed E-state index contributed by atoms with van der Waals surface area (Å²) in [6.45, 7) is 0.0817. The van der Waals surface area contributed by atoms with Crippen molar-refractivity contribution < 1.29 is 14.3 Å². The van der Waals surface area contributed by atoms with Crippen LogP contribution in [0.3, 0.4) is 0 Å². The Bertz CT molecular complexity index is 841. The van der Waals surface area contributed by atoms with Crippen LogP contribution in [0, 0.1) is 4.64 Å². The summed E-state index contributed by atoms with van der Waals surface area (Å²) in [5.41, 5.74) is 0.131. The summed E-state index contributed by atoms with van der Waals surface area (Å²) in [4.78, 5) is 26.2. The van der Waals surface area contributed by atoms with Crippen molar-refractivity contribution in [3.8, 4) is 0 Å². The Morgan fingerprint density at radius 1 is 1.26 bits per heavy atom. The van der Waals surface area contributed by atoms with E-state index in [1.165, 1.54) is 4.57 Å². The molecule has 1 N–H and O–H groups in total. The number of nitrogens with one attached hydrogen (secondary N) is 1. The Morgan fingerprint density at radius 2 is 2.04 bits per heavy atom. The Labute approximate surface area is 137 Å². The van der Waals surface area contributed by atoms with E-state index in [0.717, 1.165) is 0 Å². The molecule has 1 aromatic heterocycles. The minimum Gasteiger partial charge on any atom is -0.459 e. The third-order valence-corrected chi connectivity index (χ3v) is 3.56. The highest BCUT2D eigenvalue weighted by Gasteiger charge is 2.22. The van der Waals surface area contributed by atoms with Gasteiger partial charge in [0.2, 0.25) is 0 Å². The molecule has 2 aromatic rings. The van der Waals surface area contributed by atoms with E-state index in [4.69, 9.17) is 21.7 Å². The normalized spacial score (nSPS) is 19.7. The number of hydrogen-bond donors (Lipinski definition) is 1. The van der Waals surface area contributed by atoms with Gasteiger partial charge in [-0.15, -0.1) is 0 Å². The lowest BCUT2D eigenvalue weighted by Gasteiger charge is -2.16. The number of carbonyl (C=O) groups is 1. The van der Waals surface area contributed by atoms with E-state index in [0.29, 0.717) is 10.2 Å². The van der Waals surface area contributed by atoms with Crippen LogP contribution in [-0.4, -0.2) is 28.2 Å². The number of H-pyrrole nitrogens is 1. The number of benzene rings is 1. The predicted molar refractivity (Wildman–Crippen MR) is 85.7 cm³/mol. The Morgan fingerprint density at radius 3 is 2.78 bits per heavy atom.